The molecule has 3 aliphatic rings. The number of carbonyl (C=O) groups is 1. The van der Waals surface area contributed by atoms with Crippen LogP contribution in [0.3, 0.4) is 0 Å². The van der Waals surface area contributed by atoms with Crippen LogP contribution in [0.5, 0.6) is 5.75 Å². The van der Waals surface area contributed by atoms with Crippen molar-refractivity contribution >= 4 is 17.5 Å². The van der Waals surface area contributed by atoms with Crippen LogP contribution in [0.2, 0.25) is 5.02 Å². The van der Waals surface area contributed by atoms with E-state index in [1.54, 1.807) is 4.90 Å². The number of amides is 1. The van der Waals surface area contributed by atoms with E-state index in [1.807, 2.05) is 26.8 Å². The van der Waals surface area contributed by atoms with Gasteiger partial charge in [0.05, 0.1) is 17.1 Å². The number of nitrogens with one attached hydrogen (secondary N) is 1. The number of fused-ring (bicyclic) bond motifs is 2. The number of ether oxygens (including phenoxy) is 1. The SMILES string of the molecule is Cc1cc(C)c(CN2CCc3c(Cl)c4c(c(C)c3C2=O)O[C@@](C)(C2CCC(N(C)C)CC2)C4)c(=O)[nH]1. The number of pyridine rings is 1. The third-order valence-electron chi connectivity index (χ3n) is 8.95. The second kappa shape index (κ2) is 9.21. The topological polar surface area (TPSA) is 65.6 Å². The number of carbonyl (C=O) groups excluding carboxylic acids is 1. The molecule has 1 atom stereocenters. The maximum Gasteiger partial charge on any atom is 0.254 e. The molecule has 0 saturated heterocycles. The Bertz CT molecular complexity index is 1280. The zero-order chi connectivity index (χ0) is 25.9. The fourth-order valence-electron chi connectivity index (χ4n) is 6.75. The van der Waals surface area contributed by atoms with E-state index < -0.39 is 0 Å². The summed E-state index contributed by atoms with van der Waals surface area (Å²) in [7, 11) is 4.33. The van der Waals surface area contributed by atoms with Gasteiger partial charge in [-0.1, -0.05) is 11.6 Å². The van der Waals surface area contributed by atoms with Crippen LogP contribution in [-0.4, -0.2) is 53.0 Å². The van der Waals surface area contributed by atoms with Crippen molar-refractivity contribution in [2.75, 3.05) is 20.6 Å². The second-order valence-electron chi connectivity index (χ2n) is 11.6. The van der Waals surface area contributed by atoms with E-state index in [1.165, 1.54) is 12.8 Å². The number of rotatable bonds is 4. The van der Waals surface area contributed by atoms with Gasteiger partial charge in [0.2, 0.25) is 0 Å². The maximum atomic E-state index is 13.7. The average Bonchev–Trinajstić information content (AvgIpc) is 3.20. The fourth-order valence-corrected chi connectivity index (χ4v) is 7.10. The molecule has 1 aromatic carbocycles. The van der Waals surface area contributed by atoms with Gasteiger partial charge in [-0.3, -0.25) is 9.59 Å². The van der Waals surface area contributed by atoms with Gasteiger partial charge in [0.15, 0.2) is 0 Å². The summed E-state index contributed by atoms with van der Waals surface area (Å²) in [4.78, 5) is 33.3. The summed E-state index contributed by atoms with van der Waals surface area (Å²) >= 11 is 7.00. The molecule has 7 heteroatoms. The van der Waals surface area contributed by atoms with Crippen molar-refractivity contribution in [1.82, 2.24) is 14.8 Å². The lowest BCUT2D eigenvalue weighted by atomic mass is 9.74. The maximum absolute atomic E-state index is 13.7. The molecule has 1 N–H and O–H groups in total. The molecule has 1 saturated carbocycles. The first-order valence-electron chi connectivity index (χ1n) is 13.2. The number of aromatic amines is 1. The Kier molecular flexibility index (Phi) is 6.49. The van der Waals surface area contributed by atoms with Gasteiger partial charge in [-0.2, -0.15) is 0 Å². The molecule has 3 heterocycles. The normalized spacial score (nSPS) is 25.7. The van der Waals surface area contributed by atoms with Crippen LogP contribution < -0.4 is 10.3 Å². The Labute approximate surface area is 219 Å². The van der Waals surface area contributed by atoms with Crippen LogP contribution in [0.1, 0.15) is 76.5 Å². The Balaban J connectivity index is 1.43. The van der Waals surface area contributed by atoms with Crippen molar-refractivity contribution in [2.24, 2.45) is 5.92 Å². The summed E-state index contributed by atoms with van der Waals surface area (Å²) in [5.41, 5.74) is 5.49. The molecule has 6 nitrogen and oxygen atoms in total. The number of benzene rings is 1. The van der Waals surface area contributed by atoms with Crippen LogP contribution in [0.25, 0.3) is 0 Å². The monoisotopic (exact) mass is 511 g/mol. The standard InChI is InChI=1S/C29H38ClN3O3/c1-16-13-17(2)31-27(34)23(16)15-33-12-11-21-24(28(33)35)18(3)26-22(25(21)30)14-29(4,36-26)19-7-9-20(10-8-19)32(5)6/h13,19-20H,7-12,14-15H2,1-6H3,(H,31,34)/t19?,20?,29-/m1/s1. The smallest absolute Gasteiger partial charge is 0.254 e. The van der Waals surface area contributed by atoms with Gasteiger partial charge in [-0.25, -0.2) is 0 Å². The van der Waals surface area contributed by atoms with Gasteiger partial charge in [0.1, 0.15) is 11.4 Å². The first-order chi connectivity index (χ1) is 17.0. The quantitative estimate of drug-likeness (QED) is 0.629. The number of halogens is 1. The van der Waals surface area contributed by atoms with Crippen molar-refractivity contribution in [2.45, 2.75) is 84.4 Å². The second-order valence-corrected chi connectivity index (χ2v) is 12.0. The molecule has 0 unspecified atom stereocenters. The van der Waals surface area contributed by atoms with Gasteiger partial charge in [-0.05, 0) is 97.0 Å². The third-order valence-corrected chi connectivity index (χ3v) is 9.41. The van der Waals surface area contributed by atoms with Crippen molar-refractivity contribution in [3.05, 3.63) is 60.5 Å². The number of aryl methyl sites for hydroxylation is 2. The number of nitrogens with zero attached hydrogens (tertiary/aromatic N) is 2. The number of H-pyrrole nitrogens is 1. The lowest BCUT2D eigenvalue weighted by Gasteiger charge is -2.40. The van der Waals surface area contributed by atoms with Crippen molar-refractivity contribution in [1.29, 1.82) is 0 Å². The van der Waals surface area contributed by atoms with E-state index in [-0.39, 0.29) is 17.1 Å². The summed E-state index contributed by atoms with van der Waals surface area (Å²) in [6, 6.07) is 2.59. The molecule has 1 fully saturated rings. The van der Waals surface area contributed by atoms with E-state index in [2.05, 4.69) is 30.9 Å². The first-order valence-corrected chi connectivity index (χ1v) is 13.6. The molecule has 194 valence electrons. The summed E-state index contributed by atoms with van der Waals surface area (Å²) in [6.07, 6.45) is 6.12. The van der Waals surface area contributed by atoms with Crippen molar-refractivity contribution in [3.63, 3.8) is 0 Å². The molecule has 2 aliphatic heterocycles. The van der Waals surface area contributed by atoms with Gasteiger partial charge in [-0.15, -0.1) is 0 Å². The Hall–Kier alpha value is -2.31. The van der Waals surface area contributed by atoms with Gasteiger partial charge in [0, 0.05) is 41.4 Å². The Morgan fingerprint density at radius 1 is 1.14 bits per heavy atom. The van der Waals surface area contributed by atoms with Gasteiger partial charge in [0.25, 0.3) is 11.5 Å². The predicted octanol–water partition coefficient (Wildman–Crippen LogP) is 4.97. The largest absolute Gasteiger partial charge is 0.486 e. The highest BCUT2D eigenvalue weighted by atomic mass is 35.5. The minimum absolute atomic E-state index is 0.0680. The molecule has 2 aromatic rings. The van der Waals surface area contributed by atoms with Crippen LogP contribution in [0.15, 0.2) is 10.9 Å². The van der Waals surface area contributed by atoms with Crippen molar-refractivity contribution in [3.8, 4) is 5.75 Å². The fraction of sp³-hybridized carbons (Fsp3) is 0.586. The van der Waals surface area contributed by atoms with E-state index in [0.717, 1.165) is 53.0 Å². The number of aromatic nitrogens is 1. The lowest BCUT2D eigenvalue weighted by Crippen LogP contribution is -2.44. The average molecular weight is 512 g/mol. The van der Waals surface area contributed by atoms with Gasteiger partial charge < -0.3 is 19.5 Å². The summed E-state index contributed by atoms with van der Waals surface area (Å²) in [6.45, 7) is 8.85. The Morgan fingerprint density at radius 2 is 1.83 bits per heavy atom. The van der Waals surface area contributed by atoms with Crippen LogP contribution in [-0.2, 0) is 19.4 Å². The van der Waals surface area contributed by atoms with E-state index >= 15 is 0 Å². The first kappa shape index (κ1) is 25.3. The summed E-state index contributed by atoms with van der Waals surface area (Å²) in [5.74, 6) is 1.20. The molecule has 1 aliphatic carbocycles. The zero-order valence-corrected chi connectivity index (χ0v) is 23.1. The Morgan fingerprint density at radius 3 is 2.47 bits per heavy atom. The highest BCUT2D eigenvalue weighted by Gasteiger charge is 2.46. The minimum atomic E-state index is -0.299. The van der Waals surface area contributed by atoms with Crippen LogP contribution in [0, 0.1) is 26.7 Å². The molecule has 0 bridgehead atoms. The lowest BCUT2D eigenvalue weighted by molar-refractivity contribution is 0.0158. The highest BCUT2D eigenvalue weighted by Crippen LogP contribution is 2.50. The zero-order valence-electron chi connectivity index (χ0n) is 22.4. The van der Waals surface area contributed by atoms with E-state index in [4.69, 9.17) is 16.3 Å². The molecule has 1 amide bonds. The minimum Gasteiger partial charge on any atom is -0.486 e. The molecule has 5 rings (SSSR count). The molecule has 0 radical (unpaired) electrons. The number of hydrogen-bond acceptors (Lipinski definition) is 4. The molecular weight excluding hydrogens is 474 g/mol. The van der Waals surface area contributed by atoms with Crippen molar-refractivity contribution < 1.29 is 9.53 Å². The number of hydrogen-bond donors (Lipinski definition) is 1. The van der Waals surface area contributed by atoms with E-state index in [0.29, 0.717) is 47.6 Å². The molecular formula is C29H38ClN3O3. The molecule has 0 spiro atoms. The summed E-state index contributed by atoms with van der Waals surface area (Å²) < 4.78 is 6.74. The molecule has 1 aromatic heterocycles. The highest BCUT2D eigenvalue weighted by molar-refractivity contribution is 6.33. The van der Waals surface area contributed by atoms with E-state index in [9.17, 15) is 9.59 Å². The van der Waals surface area contributed by atoms with Gasteiger partial charge >= 0.3 is 0 Å². The predicted molar refractivity (Wildman–Crippen MR) is 143 cm³/mol. The molecule has 36 heavy (non-hydrogen) atoms. The van der Waals surface area contributed by atoms with Crippen LogP contribution in [0.4, 0.5) is 0 Å². The summed E-state index contributed by atoms with van der Waals surface area (Å²) in [5, 5.41) is 0.702. The van der Waals surface area contributed by atoms with Crippen LogP contribution >= 0.6 is 11.6 Å². The third kappa shape index (κ3) is 4.16.